The molecular weight excluding hydrogens is 346 g/mol. The molecule has 8 heteroatoms. The molecule has 0 amide bonds. The summed E-state index contributed by atoms with van der Waals surface area (Å²) in [5.74, 6) is -1.49. The fraction of sp³-hybridized carbons (Fsp3) is 0.143. The first-order chi connectivity index (χ1) is 6.73. The molecule has 0 atom stereocenters. The molecule has 0 aliphatic rings. The van der Waals surface area contributed by atoms with E-state index in [-0.39, 0.29) is 3.57 Å². The molecule has 4 nitrogen and oxygen atoms in total. The molecule has 2 N–H and O–H groups in total. The zero-order chi connectivity index (χ0) is 11.8. The molecule has 0 aliphatic heterocycles. The van der Waals surface area contributed by atoms with Gasteiger partial charge in [-0.1, -0.05) is 0 Å². The number of aromatic nitrogens is 1. The first-order valence-corrected chi connectivity index (χ1v) is 4.92. The summed E-state index contributed by atoms with van der Waals surface area (Å²) in [5, 5.41) is 4.81. The molecule has 1 heterocycles. The van der Waals surface area contributed by atoms with Crippen molar-refractivity contribution in [1.29, 1.82) is 0 Å². The number of aromatic amines is 1. The summed E-state index contributed by atoms with van der Waals surface area (Å²) in [6, 6.07) is 0.841. The van der Waals surface area contributed by atoms with Crippen LogP contribution in [0.2, 0.25) is 0 Å². The van der Waals surface area contributed by atoms with Gasteiger partial charge in [0.2, 0.25) is 0 Å². The molecule has 0 bridgehead atoms. The van der Waals surface area contributed by atoms with Crippen molar-refractivity contribution >= 4 is 40.2 Å². The second-order valence-corrected chi connectivity index (χ2v) is 4.17. The second-order valence-electron chi connectivity index (χ2n) is 2.54. The summed E-state index contributed by atoms with van der Waals surface area (Å²) >= 11 is 6.18. The molecule has 0 saturated heterocycles. The third-order valence-corrected chi connectivity index (χ3v) is 2.55. The maximum absolute atomic E-state index is 12.7. The predicted octanol–water partition coefficient (Wildman–Crippen LogP) is 1.97. The number of hydrogen-bond donors (Lipinski definition) is 2. The van der Waals surface area contributed by atoms with E-state index in [0.717, 1.165) is 6.07 Å². The topological polar surface area (TPSA) is 70.2 Å². The fourth-order valence-electron chi connectivity index (χ4n) is 0.870. The normalized spacial score (nSPS) is 11.5. The van der Waals surface area contributed by atoms with Gasteiger partial charge in [0.1, 0.15) is 11.3 Å². The first kappa shape index (κ1) is 12.4. The predicted molar refractivity (Wildman–Crippen MR) is 56.5 cm³/mol. The highest BCUT2D eigenvalue weighted by Gasteiger charge is 2.32. The summed E-state index contributed by atoms with van der Waals surface area (Å²) in [4.78, 5) is 23.3. The number of alkyl halides is 3. The van der Waals surface area contributed by atoms with Crippen LogP contribution in [0.4, 0.5) is 8.78 Å². The van der Waals surface area contributed by atoms with Gasteiger partial charge in [0.15, 0.2) is 0 Å². The molecule has 0 spiro atoms. The molecule has 0 fully saturated rings. The van der Waals surface area contributed by atoms with Crippen molar-refractivity contribution < 1.29 is 18.7 Å². The summed E-state index contributed by atoms with van der Waals surface area (Å²) in [6.45, 7) is 0. The number of carbonyl (C=O) groups is 1. The Morgan fingerprint density at radius 3 is 2.53 bits per heavy atom. The number of rotatable bonds is 2. The van der Waals surface area contributed by atoms with Crippen molar-refractivity contribution in [1.82, 2.24) is 4.98 Å². The SMILES string of the molecule is O=C(O)c1cc(I)c(C(F)(F)Cl)[nH]c1=O. The summed E-state index contributed by atoms with van der Waals surface area (Å²) < 4.78 is 25.2. The van der Waals surface area contributed by atoms with Crippen LogP contribution in [0.5, 0.6) is 0 Å². The van der Waals surface area contributed by atoms with Crippen molar-refractivity contribution in [2.45, 2.75) is 5.38 Å². The Balaban J connectivity index is 3.46. The van der Waals surface area contributed by atoms with E-state index in [1.165, 1.54) is 22.6 Å². The Kier molecular flexibility index (Phi) is 3.34. The number of pyridine rings is 1. The van der Waals surface area contributed by atoms with Gasteiger partial charge < -0.3 is 10.1 Å². The minimum atomic E-state index is -3.73. The molecule has 82 valence electrons. The van der Waals surface area contributed by atoms with E-state index in [2.05, 4.69) is 0 Å². The number of aromatic carboxylic acids is 1. The highest BCUT2D eigenvalue weighted by atomic mass is 127. The summed E-state index contributed by atoms with van der Waals surface area (Å²) in [5.41, 5.74) is -2.53. The average Bonchev–Trinajstić information content (AvgIpc) is 2.06. The van der Waals surface area contributed by atoms with Gasteiger partial charge in [-0.2, -0.15) is 8.78 Å². The van der Waals surface area contributed by atoms with Gasteiger partial charge in [-0.05, 0) is 40.3 Å². The lowest BCUT2D eigenvalue weighted by atomic mass is 10.2. The third kappa shape index (κ3) is 2.65. The zero-order valence-corrected chi connectivity index (χ0v) is 9.77. The Morgan fingerprint density at radius 2 is 2.13 bits per heavy atom. The quantitative estimate of drug-likeness (QED) is 0.633. The Hall–Kier alpha value is -0.700. The molecule has 0 radical (unpaired) electrons. The summed E-state index contributed by atoms with van der Waals surface area (Å²) in [7, 11) is 0. The van der Waals surface area contributed by atoms with Gasteiger partial charge in [-0.25, -0.2) is 4.79 Å². The monoisotopic (exact) mass is 349 g/mol. The molecule has 0 aromatic carbocycles. The van der Waals surface area contributed by atoms with Gasteiger partial charge in [-0.3, -0.25) is 4.79 Å². The lowest BCUT2D eigenvalue weighted by molar-refractivity contribution is 0.0690. The van der Waals surface area contributed by atoms with Crippen LogP contribution in [0.3, 0.4) is 0 Å². The molecule has 1 aromatic heterocycles. The van der Waals surface area contributed by atoms with Crippen LogP contribution in [0, 0.1) is 3.57 Å². The van der Waals surface area contributed by atoms with Gasteiger partial charge in [0.25, 0.3) is 5.56 Å². The van der Waals surface area contributed by atoms with E-state index in [9.17, 15) is 18.4 Å². The minimum Gasteiger partial charge on any atom is -0.477 e. The van der Waals surface area contributed by atoms with Crippen molar-refractivity contribution in [2.24, 2.45) is 0 Å². The number of halogens is 4. The second kappa shape index (κ2) is 4.05. The number of nitrogens with one attached hydrogen (secondary N) is 1. The number of carboxylic acid groups (broad SMARTS) is 1. The Labute approximate surface area is 100 Å². The third-order valence-electron chi connectivity index (χ3n) is 1.51. The van der Waals surface area contributed by atoms with Crippen molar-refractivity contribution in [3.05, 3.63) is 31.2 Å². The van der Waals surface area contributed by atoms with Gasteiger partial charge in [-0.15, -0.1) is 0 Å². The van der Waals surface area contributed by atoms with Crippen LogP contribution in [0.25, 0.3) is 0 Å². The summed E-state index contributed by atoms with van der Waals surface area (Å²) in [6.07, 6.45) is 0. The minimum absolute atomic E-state index is 0.121. The van der Waals surface area contributed by atoms with E-state index in [4.69, 9.17) is 16.7 Å². The Bertz CT molecular complexity index is 468. The van der Waals surface area contributed by atoms with Crippen molar-refractivity contribution in [2.75, 3.05) is 0 Å². The van der Waals surface area contributed by atoms with Crippen LogP contribution in [0.1, 0.15) is 16.1 Å². The number of hydrogen-bond acceptors (Lipinski definition) is 2. The van der Waals surface area contributed by atoms with Crippen LogP contribution >= 0.6 is 34.2 Å². The van der Waals surface area contributed by atoms with Crippen molar-refractivity contribution in [3.8, 4) is 0 Å². The average molecular weight is 349 g/mol. The van der Waals surface area contributed by atoms with E-state index < -0.39 is 28.2 Å². The molecular formula is C7H3ClF2INO3. The zero-order valence-electron chi connectivity index (χ0n) is 6.85. The van der Waals surface area contributed by atoms with Crippen LogP contribution in [0.15, 0.2) is 10.9 Å². The number of H-pyrrole nitrogens is 1. The van der Waals surface area contributed by atoms with Crippen molar-refractivity contribution in [3.63, 3.8) is 0 Å². The van der Waals surface area contributed by atoms with Crippen LogP contribution in [-0.4, -0.2) is 16.1 Å². The van der Waals surface area contributed by atoms with Gasteiger partial charge in [0, 0.05) is 3.57 Å². The first-order valence-electron chi connectivity index (χ1n) is 3.47. The smallest absolute Gasteiger partial charge is 0.363 e. The van der Waals surface area contributed by atoms with E-state index >= 15 is 0 Å². The lowest BCUT2D eigenvalue weighted by Crippen LogP contribution is -2.23. The fourth-order valence-corrected chi connectivity index (χ4v) is 1.96. The van der Waals surface area contributed by atoms with E-state index in [1.54, 1.807) is 4.98 Å². The highest BCUT2D eigenvalue weighted by molar-refractivity contribution is 14.1. The lowest BCUT2D eigenvalue weighted by Gasteiger charge is -2.10. The molecule has 0 aliphatic carbocycles. The maximum Gasteiger partial charge on any atom is 0.363 e. The van der Waals surface area contributed by atoms with Crippen LogP contribution in [-0.2, 0) is 5.38 Å². The van der Waals surface area contributed by atoms with Gasteiger partial charge in [0.05, 0.1) is 0 Å². The van der Waals surface area contributed by atoms with E-state index in [0.29, 0.717) is 0 Å². The molecule has 15 heavy (non-hydrogen) atoms. The molecule has 1 rings (SSSR count). The van der Waals surface area contributed by atoms with Gasteiger partial charge >= 0.3 is 11.4 Å². The van der Waals surface area contributed by atoms with E-state index in [1.807, 2.05) is 0 Å². The van der Waals surface area contributed by atoms with Crippen LogP contribution < -0.4 is 5.56 Å². The largest absolute Gasteiger partial charge is 0.477 e. The maximum atomic E-state index is 12.7. The standard InChI is InChI=1S/C7H3ClF2INO3/c8-7(9,10)4-3(11)1-2(6(14)15)5(13)12-4/h1H,(H,12,13)(H,14,15). The molecule has 0 saturated carbocycles. The highest BCUT2D eigenvalue weighted by Crippen LogP contribution is 2.33. The number of carboxylic acids is 1. The molecule has 1 aromatic rings. The molecule has 0 unspecified atom stereocenters. The Morgan fingerprint density at radius 1 is 1.60 bits per heavy atom.